The third-order valence-electron chi connectivity index (χ3n) is 4.16. The lowest BCUT2D eigenvalue weighted by molar-refractivity contribution is 1.10. The van der Waals surface area contributed by atoms with Crippen LogP contribution in [-0.4, -0.2) is 30.1 Å². The van der Waals surface area contributed by atoms with Gasteiger partial charge in [-0.05, 0) is 49.2 Å². The minimum Gasteiger partial charge on any atom is -0.378 e. The van der Waals surface area contributed by atoms with Gasteiger partial charge in [-0.1, -0.05) is 12.1 Å². The van der Waals surface area contributed by atoms with E-state index >= 15 is 0 Å². The molecule has 0 aliphatic heterocycles. The number of nitrogens with zero attached hydrogens (tertiary/aromatic N) is 3. The number of benzene rings is 2. The monoisotopic (exact) mass is 319 g/mol. The number of fused-ring (bicyclic) bond motifs is 1. The quantitative estimate of drug-likeness (QED) is 0.744. The highest BCUT2D eigenvalue weighted by Gasteiger charge is 2.22. The Bertz CT molecular complexity index is 853. The van der Waals surface area contributed by atoms with Gasteiger partial charge < -0.3 is 15.5 Å². The summed E-state index contributed by atoms with van der Waals surface area (Å²) in [5, 5.41) is 7.89. The Morgan fingerprint density at radius 2 is 1.71 bits per heavy atom. The molecule has 122 valence electrons. The number of nitrogens with one attached hydrogen (secondary N) is 2. The summed E-state index contributed by atoms with van der Waals surface area (Å²) in [4.78, 5) is 11.4. The normalized spacial score (nSPS) is 13.8. The van der Waals surface area contributed by atoms with E-state index in [1.807, 2.05) is 44.4 Å². The number of anilines is 4. The zero-order chi connectivity index (χ0) is 16.5. The molecule has 0 bridgehead atoms. The Hall–Kier alpha value is -2.82. The average molecular weight is 319 g/mol. The standard InChI is InChI=1S/C19H21N5/c1-24(2)15-11-9-14(10-12-15)21-19-22-17-6-4-3-5-16(17)18(23-19)20-13-7-8-13/h3-6,9-13H,7-8H2,1-2H3,(H2,20,21,22,23). The molecule has 1 aliphatic rings. The predicted molar refractivity (Wildman–Crippen MR) is 100 cm³/mol. The van der Waals surface area contributed by atoms with Crippen LogP contribution >= 0.6 is 0 Å². The van der Waals surface area contributed by atoms with Crippen LogP contribution < -0.4 is 15.5 Å². The first-order valence-corrected chi connectivity index (χ1v) is 8.27. The van der Waals surface area contributed by atoms with Gasteiger partial charge in [0.25, 0.3) is 0 Å². The first-order valence-electron chi connectivity index (χ1n) is 8.27. The van der Waals surface area contributed by atoms with Crippen LogP contribution in [0.2, 0.25) is 0 Å². The molecule has 1 heterocycles. The lowest BCUT2D eigenvalue weighted by Crippen LogP contribution is -2.08. The molecule has 4 rings (SSSR count). The third-order valence-corrected chi connectivity index (χ3v) is 4.16. The fraction of sp³-hybridized carbons (Fsp3) is 0.263. The molecule has 5 heteroatoms. The highest BCUT2D eigenvalue weighted by molar-refractivity contribution is 5.90. The van der Waals surface area contributed by atoms with Gasteiger partial charge in [0.05, 0.1) is 5.52 Å². The van der Waals surface area contributed by atoms with Crippen LogP contribution in [0.5, 0.6) is 0 Å². The van der Waals surface area contributed by atoms with Gasteiger partial charge in [-0.2, -0.15) is 4.98 Å². The second-order valence-corrected chi connectivity index (χ2v) is 6.40. The molecule has 0 amide bonds. The highest BCUT2D eigenvalue weighted by Crippen LogP contribution is 2.29. The van der Waals surface area contributed by atoms with Crippen molar-refractivity contribution in [3.8, 4) is 0 Å². The second-order valence-electron chi connectivity index (χ2n) is 6.40. The minimum absolute atomic E-state index is 0.551. The van der Waals surface area contributed by atoms with Crippen molar-refractivity contribution in [1.82, 2.24) is 9.97 Å². The summed E-state index contributed by atoms with van der Waals surface area (Å²) in [5.74, 6) is 1.53. The number of rotatable bonds is 5. The Balaban J connectivity index is 1.65. The van der Waals surface area contributed by atoms with Gasteiger partial charge in [0.1, 0.15) is 5.82 Å². The van der Waals surface area contributed by atoms with Crippen molar-refractivity contribution in [1.29, 1.82) is 0 Å². The van der Waals surface area contributed by atoms with Gasteiger partial charge in [-0.25, -0.2) is 4.98 Å². The van der Waals surface area contributed by atoms with E-state index in [1.54, 1.807) is 0 Å². The predicted octanol–water partition coefficient (Wildman–Crippen LogP) is 4.01. The van der Waals surface area contributed by atoms with Gasteiger partial charge in [0.2, 0.25) is 5.95 Å². The number of hydrogen-bond donors (Lipinski definition) is 2. The molecule has 0 atom stereocenters. The average Bonchev–Trinajstić information content (AvgIpc) is 3.39. The lowest BCUT2D eigenvalue weighted by Gasteiger charge is -2.14. The number of para-hydroxylation sites is 1. The Labute approximate surface area is 141 Å². The van der Waals surface area contributed by atoms with E-state index in [4.69, 9.17) is 4.98 Å². The Morgan fingerprint density at radius 3 is 2.42 bits per heavy atom. The fourth-order valence-corrected chi connectivity index (χ4v) is 2.64. The molecular weight excluding hydrogens is 298 g/mol. The van der Waals surface area contributed by atoms with Crippen molar-refractivity contribution >= 4 is 34.0 Å². The summed E-state index contributed by atoms with van der Waals surface area (Å²) in [7, 11) is 4.06. The molecule has 0 unspecified atom stereocenters. The van der Waals surface area contributed by atoms with E-state index in [0.717, 1.165) is 28.1 Å². The van der Waals surface area contributed by atoms with Gasteiger partial charge in [0.15, 0.2) is 0 Å². The Kier molecular flexibility index (Phi) is 3.69. The van der Waals surface area contributed by atoms with Gasteiger partial charge >= 0.3 is 0 Å². The molecule has 1 fully saturated rings. The van der Waals surface area contributed by atoms with E-state index in [1.165, 1.54) is 12.8 Å². The van der Waals surface area contributed by atoms with Crippen LogP contribution in [0.25, 0.3) is 10.9 Å². The van der Waals surface area contributed by atoms with E-state index in [9.17, 15) is 0 Å². The summed E-state index contributed by atoms with van der Waals surface area (Å²) in [5.41, 5.74) is 3.09. The van der Waals surface area contributed by atoms with Crippen LogP contribution in [-0.2, 0) is 0 Å². The maximum absolute atomic E-state index is 4.69. The van der Waals surface area contributed by atoms with Crippen molar-refractivity contribution < 1.29 is 0 Å². The van der Waals surface area contributed by atoms with Crippen LogP contribution in [0.4, 0.5) is 23.1 Å². The van der Waals surface area contributed by atoms with E-state index < -0.39 is 0 Å². The molecule has 0 saturated heterocycles. The summed E-state index contributed by atoms with van der Waals surface area (Å²) >= 11 is 0. The molecule has 1 aromatic heterocycles. The second kappa shape index (κ2) is 6.00. The van der Waals surface area contributed by atoms with Crippen molar-refractivity contribution in [3.63, 3.8) is 0 Å². The minimum atomic E-state index is 0.551. The van der Waals surface area contributed by atoms with E-state index in [2.05, 4.69) is 38.7 Å². The lowest BCUT2D eigenvalue weighted by atomic mass is 10.2. The highest BCUT2D eigenvalue weighted by atomic mass is 15.2. The van der Waals surface area contributed by atoms with Gasteiger partial charge in [-0.15, -0.1) is 0 Å². The summed E-state index contributed by atoms with van der Waals surface area (Å²) < 4.78 is 0. The zero-order valence-corrected chi connectivity index (χ0v) is 14.0. The van der Waals surface area contributed by atoms with Crippen molar-refractivity contribution in [2.24, 2.45) is 0 Å². The molecule has 0 radical (unpaired) electrons. The largest absolute Gasteiger partial charge is 0.378 e. The van der Waals surface area contributed by atoms with Gasteiger partial charge in [-0.3, -0.25) is 0 Å². The van der Waals surface area contributed by atoms with Gasteiger partial charge in [0, 0.05) is 36.9 Å². The first-order chi connectivity index (χ1) is 11.7. The molecule has 2 N–H and O–H groups in total. The van der Waals surface area contributed by atoms with E-state index in [-0.39, 0.29) is 0 Å². The molecule has 3 aromatic rings. The van der Waals surface area contributed by atoms with Crippen molar-refractivity contribution in [2.75, 3.05) is 29.6 Å². The SMILES string of the molecule is CN(C)c1ccc(Nc2nc(NC3CC3)c3ccccc3n2)cc1. The smallest absolute Gasteiger partial charge is 0.229 e. The molecule has 24 heavy (non-hydrogen) atoms. The van der Waals surface area contributed by atoms with Crippen LogP contribution in [0.15, 0.2) is 48.5 Å². The summed E-state index contributed by atoms with van der Waals surface area (Å²) in [6.45, 7) is 0. The summed E-state index contributed by atoms with van der Waals surface area (Å²) in [6, 6.07) is 16.9. The molecular formula is C19H21N5. The summed E-state index contributed by atoms with van der Waals surface area (Å²) in [6.07, 6.45) is 2.43. The molecule has 5 nitrogen and oxygen atoms in total. The molecule has 1 saturated carbocycles. The van der Waals surface area contributed by atoms with E-state index in [0.29, 0.717) is 12.0 Å². The topological polar surface area (TPSA) is 53.1 Å². The van der Waals surface area contributed by atoms with Crippen LogP contribution in [0.1, 0.15) is 12.8 Å². The van der Waals surface area contributed by atoms with Crippen molar-refractivity contribution in [3.05, 3.63) is 48.5 Å². The number of hydrogen-bond acceptors (Lipinski definition) is 5. The molecule has 0 spiro atoms. The Morgan fingerprint density at radius 1 is 0.958 bits per heavy atom. The van der Waals surface area contributed by atoms with Crippen molar-refractivity contribution in [2.45, 2.75) is 18.9 Å². The first kappa shape index (κ1) is 14.8. The number of aromatic nitrogens is 2. The van der Waals surface area contributed by atoms with Crippen LogP contribution in [0.3, 0.4) is 0 Å². The van der Waals surface area contributed by atoms with Crippen LogP contribution in [0, 0.1) is 0 Å². The molecule has 1 aliphatic carbocycles. The molecule has 2 aromatic carbocycles. The maximum atomic E-state index is 4.69. The zero-order valence-electron chi connectivity index (χ0n) is 14.0. The fourth-order valence-electron chi connectivity index (χ4n) is 2.64. The maximum Gasteiger partial charge on any atom is 0.229 e. The third kappa shape index (κ3) is 3.11.